The Labute approximate surface area is 96.6 Å². The third kappa shape index (κ3) is 4.96. The molecule has 4 nitrogen and oxygen atoms in total. The molecule has 0 aromatic carbocycles. The van der Waals surface area contributed by atoms with E-state index in [-0.39, 0.29) is 17.8 Å². The third-order valence-electron chi connectivity index (χ3n) is 1.83. The summed E-state index contributed by atoms with van der Waals surface area (Å²) in [6.07, 6.45) is -0.429. The molecule has 1 atom stereocenters. The Morgan fingerprint density at radius 2 is 1.38 bits per heavy atom. The normalized spacial score (nSPS) is 12.4. The first-order chi connectivity index (χ1) is 7.25. The lowest BCUT2D eigenvalue weighted by Crippen LogP contribution is -2.25. The summed E-state index contributed by atoms with van der Waals surface area (Å²) in [7, 11) is 0. The van der Waals surface area contributed by atoms with E-state index < -0.39 is 17.9 Å². The van der Waals surface area contributed by atoms with Crippen molar-refractivity contribution in [2.24, 2.45) is 5.92 Å². The topological polar surface area (TPSA) is 52.6 Å². The standard InChI is InChI=1S/C12H20O4/c1-7(2)15-11(13)9(5)10(6)12(14)16-8(3)4/h7-8,10H,5H2,1-4,6H3. The van der Waals surface area contributed by atoms with Gasteiger partial charge >= 0.3 is 11.9 Å². The van der Waals surface area contributed by atoms with Gasteiger partial charge in [-0.05, 0) is 34.6 Å². The quantitative estimate of drug-likeness (QED) is 0.534. The van der Waals surface area contributed by atoms with Crippen LogP contribution in [0.3, 0.4) is 0 Å². The summed E-state index contributed by atoms with van der Waals surface area (Å²) in [5.74, 6) is -1.68. The van der Waals surface area contributed by atoms with Crippen molar-refractivity contribution < 1.29 is 19.1 Å². The number of rotatable bonds is 5. The Bertz CT molecular complexity index is 279. The lowest BCUT2D eigenvalue weighted by molar-refractivity contribution is -0.154. The molecule has 0 aliphatic carbocycles. The first-order valence-corrected chi connectivity index (χ1v) is 5.36. The molecule has 0 heterocycles. The highest BCUT2D eigenvalue weighted by atomic mass is 16.5. The van der Waals surface area contributed by atoms with Crippen molar-refractivity contribution in [2.45, 2.75) is 46.8 Å². The molecular formula is C12H20O4. The van der Waals surface area contributed by atoms with E-state index in [0.29, 0.717) is 0 Å². The van der Waals surface area contributed by atoms with Gasteiger partial charge in [-0.25, -0.2) is 4.79 Å². The zero-order valence-electron chi connectivity index (χ0n) is 10.6. The first kappa shape index (κ1) is 14.7. The number of carbonyl (C=O) groups is 2. The molecule has 0 amide bonds. The van der Waals surface area contributed by atoms with Crippen LogP contribution in [0.4, 0.5) is 0 Å². The molecule has 16 heavy (non-hydrogen) atoms. The minimum absolute atomic E-state index is 0.124. The molecule has 1 unspecified atom stereocenters. The van der Waals surface area contributed by atoms with Crippen LogP contribution in [0.2, 0.25) is 0 Å². The van der Waals surface area contributed by atoms with Crippen molar-refractivity contribution in [3.63, 3.8) is 0 Å². The molecular weight excluding hydrogens is 208 g/mol. The predicted octanol–water partition coefficient (Wildman–Crippen LogP) is 2.08. The molecule has 0 radical (unpaired) electrons. The monoisotopic (exact) mass is 228 g/mol. The Morgan fingerprint density at radius 3 is 1.75 bits per heavy atom. The summed E-state index contributed by atoms with van der Waals surface area (Å²) in [5, 5.41) is 0. The van der Waals surface area contributed by atoms with Crippen molar-refractivity contribution in [3.8, 4) is 0 Å². The van der Waals surface area contributed by atoms with Gasteiger partial charge < -0.3 is 9.47 Å². The molecule has 0 aliphatic heterocycles. The second kappa shape index (κ2) is 6.30. The summed E-state index contributed by atoms with van der Waals surface area (Å²) in [6, 6.07) is 0. The van der Waals surface area contributed by atoms with Crippen LogP contribution in [0.15, 0.2) is 12.2 Å². The minimum atomic E-state index is -0.673. The van der Waals surface area contributed by atoms with Crippen molar-refractivity contribution in [2.75, 3.05) is 0 Å². The molecule has 0 aromatic heterocycles. The van der Waals surface area contributed by atoms with Crippen molar-refractivity contribution >= 4 is 11.9 Å². The van der Waals surface area contributed by atoms with E-state index >= 15 is 0 Å². The zero-order valence-corrected chi connectivity index (χ0v) is 10.6. The SMILES string of the molecule is C=C(C(=O)OC(C)C)C(C)C(=O)OC(C)C. The summed E-state index contributed by atoms with van der Waals surface area (Å²) >= 11 is 0. The van der Waals surface area contributed by atoms with Gasteiger partial charge in [-0.1, -0.05) is 6.58 Å². The van der Waals surface area contributed by atoms with Crippen LogP contribution >= 0.6 is 0 Å². The summed E-state index contributed by atoms with van der Waals surface area (Å²) in [4.78, 5) is 22.9. The van der Waals surface area contributed by atoms with E-state index in [4.69, 9.17) is 9.47 Å². The van der Waals surface area contributed by atoms with E-state index in [2.05, 4.69) is 6.58 Å². The largest absolute Gasteiger partial charge is 0.463 e. The fraction of sp³-hybridized carbons (Fsp3) is 0.667. The van der Waals surface area contributed by atoms with Crippen molar-refractivity contribution in [3.05, 3.63) is 12.2 Å². The zero-order chi connectivity index (χ0) is 12.9. The predicted molar refractivity (Wildman–Crippen MR) is 60.8 cm³/mol. The highest BCUT2D eigenvalue weighted by Crippen LogP contribution is 2.14. The number of hydrogen-bond acceptors (Lipinski definition) is 4. The molecule has 0 fully saturated rings. The van der Waals surface area contributed by atoms with Gasteiger partial charge in [0.15, 0.2) is 0 Å². The highest BCUT2D eigenvalue weighted by Gasteiger charge is 2.25. The average Bonchev–Trinajstić information content (AvgIpc) is 2.13. The lowest BCUT2D eigenvalue weighted by Gasteiger charge is -2.16. The molecule has 0 aliphatic rings. The molecule has 0 spiro atoms. The Hall–Kier alpha value is -1.32. The average molecular weight is 228 g/mol. The fourth-order valence-electron chi connectivity index (χ4n) is 0.943. The lowest BCUT2D eigenvalue weighted by atomic mass is 10.0. The van der Waals surface area contributed by atoms with Gasteiger partial charge in [-0.3, -0.25) is 4.79 Å². The third-order valence-corrected chi connectivity index (χ3v) is 1.83. The van der Waals surface area contributed by atoms with Crippen LogP contribution in [-0.4, -0.2) is 24.1 Å². The van der Waals surface area contributed by atoms with E-state index in [1.54, 1.807) is 34.6 Å². The molecule has 0 bridgehead atoms. The van der Waals surface area contributed by atoms with Crippen molar-refractivity contribution in [1.29, 1.82) is 0 Å². The highest BCUT2D eigenvalue weighted by molar-refractivity contribution is 5.94. The van der Waals surface area contributed by atoms with E-state index in [1.165, 1.54) is 0 Å². The Balaban J connectivity index is 4.38. The van der Waals surface area contributed by atoms with Crippen LogP contribution in [0.25, 0.3) is 0 Å². The summed E-state index contributed by atoms with van der Waals surface area (Å²) < 4.78 is 9.92. The molecule has 0 aromatic rings. The van der Waals surface area contributed by atoms with Crippen LogP contribution in [0, 0.1) is 5.92 Å². The van der Waals surface area contributed by atoms with Gasteiger partial charge in [0.05, 0.1) is 18.1 Å². The van der Waals surface area contributed by atoms with Crippen LogP contribution in [-0.2, 0) is 19.1 Å². The van der Waals surface area contributed by atoms with Gasteiger partial charge in [0.25, 0.3) is 0 Å². The van der Waals surface area contributed by atoms with Gasteiger partial charge in [-0.15, -0.1) is 0 Å². The minimum Gasteiger partial charge on any atom is -0.463 e. The van der Waals surface area contributed by atoms with Gasteiger partial charge in [0.1, 0.15) is 0 Å². The molecule has 4 heteroatoms. The second-order valence-corrected chi connectivity index (χ2v) is 4.19. The van der Waals surface area contributed by atoms with Gasteiger partial charge in [0.2, 0.25) is 0 Å². The molecule has 0 N–H and O–H groups in total. The van der Waals surface area contributed by atoms with Crippen LogP contribution < -0.4 is 0 Å². The van der Waals surface area contributed by atoms with E-state index in [9.17, 15) is 9.59 Å². The Morgan fingerprint density at radius 1 is 0.938 bits per heavy atom. The second-order valence-electron chi connectivity index (χ2n) is 4.19. The molecule has 0 saturated heterocycles. The van der Waals surface area contributed by atoms with Gasteiger partial charge in [0, 0.05) is 5.57 Å². The number of esters is 2. The van der Waals surface area contributed by atoms with Crippen LogP contribution in [0.5, 0.6) is 0 Å². The number of hydrogen-bond donors (Lipinski definition) is 0. The van der Waals surface area contributed by atoms with Gasteiger partial charge in [-0.2, -0.15) is 0 Å². The summed E-state index contributed by atoms with van der Waals surface area (Å²) in [6.45, 7) is 12.1. The maximum absolute atomic E-state index is 11.5. The van der Waals surface area contributed by atoms with E-state index in [0.717, 1.165) is 0 Å². The molecule has 92 valence electrons. The number of ether oxygens (including phenoxy) is 2. The first-order valence-electron chi connectivity index (χ1n) is 5.36. The smallest absolute Gasteiger partial charge is 0.334 e. The van der Waals surface area contributed by atoms with Crippen LogP contribution in [0.1, 0.15) is 34.6 Å². The van der Waals surface area contributed by atoms with Crippen molar-refractivity contribution in [1.82, 2.24) is 0 Å². The molecule has 0 saturated carbocycles. The summed E-state index contributed by atoms with van der Waals surface area (Å²) in [5.41, 5.74) is 0.124. The maximum Gasteiger partial charge on any atom is 0.334 e. The van der Waals surface area contributed by atoms with E-state index in [1.807, 2.05) is 0 Å². The Kier molecular flexibility index (Phi) is 5.78. The maximum atomic E-state index is 11.5. The molecule has 0 rings (SSSR count). The fourth-order valence-corrected chi connectivity index (χ4v) is 0.943. The number of carbonyl (C=O) groups excluding carboxylic acids is 2.